The Balaban J connectivity index is 1.68. The van der Waals surface area contributed by atoms with Crippen LogP contribution in [0.2, 0.25) is 0 Å². The minimum atomic E-state index is -0.0992. The van der Waals surface area contributed by atoms with E-state index in [0.29, 0.717) is 79.3 Å². The number of carbonyl (C=O) groups is 1. The summed E-state index contributed by atoms with van der Waals surface area (Å²) in [5, 5.41) is 2.72. The Morgan fingerprint density at radius 1 is 0.512 bits per heavy atom. The van der Waals surface area contributed by atoms with Crippen molar-refractivity contribution in [2.45, 2.75) is 78.1 Å². The molecule has 9 nitrogen and oxygen atoms in total. The monoisotopic (exact) mass is 583 g/mol. The number of carbonyl (C=O) groups excluding carboxylic acids is 1. The molecule has 1 N–H and O–H groups in total. The molecule has 0 spiro atoms. The summed E-state index contributed by atoms with van der Waals surface area (Å²) in [6.07, 6.45) is 13.4. The average molecular weight is 584 g/mol. The molecule has 41 heavy (non-hydrogen) atoms. The molecule has 0 fully saturated rings. The highest BCUT2D eigenvalue weighted by Gasteiger charge is 1.99. The van der Waals surface area contributed by atoms with Crippen LogP contribution in [0.3, 0.4) is 0 Å². The molecule has 0 aliphatic heterocycles. The Kier molecular flexibility index (Phi) is 27.0. The van der Waals surface area contributed by atoms with E-state index in [9.17, 15) is 4.79 Å². The van der Waals surface area contributed by atoms with Crippen molar-refractivity contribution in [1.29, 1.82) is 0 Å². The maximum absolute atomic E-state index is 11.0. The molecule has 0 bridgehead atoms. The summed E-state index contributed by atoms with van der Waals surface area (Å²) in [4.78, 5) is 11.0. The molecule has 0 aromatic heterocycles. The predicted molar refractivity (Wildman–Crippen MR) is 163 cm³/mol. The second kappa shape index (κ2) is 29.7. The second-order valence-electron chi connectivity index (χ2n) is 9.91. The van der Waals surface area contributed by atoms with E-state index in [2.05, 4.69) is 12.2 Å². The zero-order valence-corrected chi connectivity index (χ0v) is 25.8. The van der Waals surface area contributed by atoms with Gasteiger partial charge in [-0.3, -0.25) is 4.79 Å². The van der Waals surface area contributed by atoms with Crippen molar-refractivity contribution in [3.8, 4) is 5.75 Å². The van der Waals surface area contributed by atoms with Gasteiger partial charge >= 0.3 is 0 Å². The first-order valence-electron chi connectivity index (χ1n) is 15.7. The maximum atomic E-state index is 11.0. The molecule has 0 aliphatic carbocycles. The Hall–Kier alpha value is -1.75. The van der Waals surface area contributed by atoms with Gasteiger partial charge in [0.25, 0.3) is 0 Å². The van der Waals surface area contributed by atoms with Crippen molar-refractivity contribution in [2.24, 2.45) is 0 Å². The van der Waals surface area contributed by atoms with Crippen molar-refractivity contribution in [2.75, 3.05) is 91.2 Å². The summed E-state index contributed by atoms with van der Waals surface area (Å²) in [6, 6.07) is 7.21. The fourth-order valence-corrected chi connectivity index (χ4v) is 3.95. The molecule has 238 valence electrons. The van der Waals surface area contributed by atoms with Gasteiger partial charge in [0.2, 0.25) is 5.91 Å². The zero-order valence-electron chi connectivity index (χ0n) is 25.8. The Bertz CT molecular complexity index is 689. The minimum Gasteiger partial charge on any atom is -0.491 e. The SMILES string of the molecule is CCCCCCCCCCCCOCCOCCOCCOCCOCCOCCOc1ccc(NC(C)=O)cc1. The molecule has 0 atom stereocenters. The van der Waals surface area contributed by atoms with Crippen molar-refractivity contribution in [1.82, 2.24) is 0 Å². The van der Waals surface area contributed by atoms with E-state index >= 15 is 0 Å². The minimum absolute atomic E-state index is 0.0992. The standard InChI is InChI=1S/C32H57NO8/c1-3-4-5-6-7-8-9-10-11-12-17-35-18-19-36-20-21-37-22-23-38-24-25-39-26-27-40-28-29-41-32-15-13-31(14-16-32)33-30(2)34/h13-16H,3-12,17-29H2,1-2H3,(H,33,34). The molecule has 9 heteroatoms. The number of hydrogen-bond acceptors (Lipinski definition) is 8. The molecule has 0 unspecified atom stereocenters. The molecule has 1 rings (SSSR count). The first kappa shape index (κ1) is 37.3. The largest absolute Gasteiger partial charge is 0.491 e. The van der Waals surface area contributed by atoms with Crippen LogP contribution < -0.4 is 10.1 Å². The Morgan fingerprint density at radius 2 is 0.878 bits per heavy atom. The van der Waals surface area contributed by atoms with Gasteiger partial charge in [-0.15, -0.1) is 0 Å². The van der Waals surface area contributed by atoms with Gasteiger partial charge in [-0.25, -0.2) is 0 Å². The molecular weight excluding hydrogens is 526 g/mol. The normalized spacial score (nSPS) is 11.2. The van der Waals surface area contributed by atoms with Crippen LogP contribution in [-0.2, 0) is 33.2 Å². The van der Waals surface area contributed by atoms with Crippen LogP contribution in [0.25, 0.3) is 0 Å². The van der Waals surface area contributed by atoms with Gasteiger partial charge in [0, 0.05) is 19.2 Å². The highest BCUT2D eigenvalue weighted by atomic mass is 16.6. The summed E-state index contributed by atoms with van der Waals surface area (Å²) in [7, 11) is 0. The number of unbranched alkanes of at least 4 members (excludes halogenated alkanes) is 9. The van der Waals surface area contributed by atoms with Crippen LogP contribution in [0.15, 0.2) is 24.3 Å². The molecule has 0 radical (unpaired) electrons. The van der Waals surface area contributed by atoms with E-state index in [-0.39, 0.29) is 5.91 Å². The first-order chi connectivity index (χ1) is 20.2. The van der Waals surface area contributed by atoms with Gasteiger partial charge < -0.3 is 38.5 Å². The number of anilines is 1. The van der Waals surface area contributed by atoms with Crippen molar-refractivity contribution < 1.29 is 38.0 Å². The van der Waals surface area contributed by atoms with Crippen LogP contribution in [0.5, 0.6) is 5.75 Å². The highest BCUT2D eigenvalue weighted by molar-refractivity contribution is 5.88. The summed E-state index contributed by atoms with van der Waals surface area (Å²) in [5.74, 6) is 0.630. The van der Waals surface area contributed by atoms with Crippen LogP contribution in [0.4, 0.5) is 5.69 Å². The Morgan fingerprint density at radius 3 is 1.29 bits per heavy atom. The lowest BCUT2D eigenvalue weighted by molar-refractivity contribution is -0.114. The molecular formula is C32H57NO8. The van der Waals surface area contributed by atoms with E-state index in [1.807, 2.05) is 12.1 Å². The summed E-state index contributed by atoms with van der Waals surface area (Å²) in [5.41, 5.74) is 0.742. The van der Waals surface area contributed by atoms with Gasteiger partial charge in [-0.2, -0.15) is 0 Å². The number of amides is 1. The van der Waals surface area contributed by atoms with Crippen molar-refractivity contribution >= 4 is 11.6 Å². The Labute approximate surface area is 248 Å². The highest BCUT2D eigenvalue weighted by Crippen LogP contribution is 2.15. The van der Waals surface area contributed by atoms with E-state index in [4.69, 9.17) is 33.2 Å². The third-order valence-electron chi connectivity index (χ3n) is 6.17. The number of benzene rings is 1. The summed E-state index contributed by atoms with van der Waals surface area (Å²) in [6.45, 7) is 11.0. The third kappa shape index (κ3) is 26.9. The molecule has 0 saturated carbocycles. The average Bonchev–Trinajstić information content (AvgIpc) is 2.97. The molecule has 1 amide bonds. The second-order valence-corrected chi connectivity index (χ2v) is 9.91. The smallest absolute Gasteiger partial charge is 0.221 e. The number of hydrogen-bond donors (Lipinski definition) is 1. The lowest BCUT2D eigenvalue weighted by atomic mass is 10.1. The topological polar surface area (TPSA) is 93.7 Å². The van der Waals surface area contributed by atoms with E-state index in [1.165, 1.54) is 64.7 Å². The van der Waals surface area contributed by atoms with Crippen LogP contribution in [0.1, 0.15) is 78.1 Å². The van der Waals surface area contributed by atoms with Gasteiger partial charge in [0.15, 0.2) is 0 Å². The maximum Gasteiger partial charge on any atom is 0.221 e. The van der Waals surface area contributed by atoms with Gasteiger partial charge in [0.1, 0.15) is 12.4 Å². The number of rotatable bonds is 31. The van der Waals surface area contributed by atoms with Crippen molar-refractivity contribution in [3.05, 3.63) is 24.3 Å². The van der Waals surface area contributed by atoms with Gasteiger partial charge in [0.05, 0.1) is 72.7 Å². The first-order valence-corrected chi connectivity index (χ1v) is 15.7. The van der Waals surface area contributed by atoms with Crippen LogP contribution >= 0.6 is 0 Å². The van der Waals surface area contributed by atoms with Crippen LogP contribution in [-0.4, -0.2) is 91.8 Å². The van der Waals surface area contributed by atoms with E-state index in [1.54, 1.807) is 12.1 Å². The molecule has 0 saturated heterocycles. The number of ether oxygens (including phenoxy) is 7. The molecule has 0 heterocycles. The van der Waals surface area contributed by atoms with Gasteiger partial charge in [-0.05, 0) is 30.7 Å². The van der Waals surface area contributed by atoms with E-state index in [0.717, 1.165) is 24.5 Å². The number of nitrogens with one attached hydrogen (secondary N) is 1. The lowest BCUT2D eigenvalue weighted by Gasteiger charge is -2.09. The van der Waals surface area contributed by atoms with Gasteiger partial charge in [-0.1, -0.05) is 64.7 Å². The molecule has 1 aromatic carbocycles. The predicted octanol–water partition coefficient (Wildman–Crippen LogP) is 6.04. The fourth-order valence-electron chi connectivity index (χ4n) is 3.95. The lowest BCUT2D eigenvalue weighted by Crippen LogP contribution is -2.14. The van der Waals surface area contributed by atoms with Crippen LogP contribution in [0, 0.1) is 0 Å². The summed E-state index contributed by atoms with van der Waals surface area (Å²) < 4.78 is 38.8. The molecule has 0 aliphatic rings. The molecule has 1 aromatic rings. The third-order valence-corrected chi connectivity index (χ3v) is 6.17. The summed E-state index contributed by atoms with van der Waals surface area (Å²) >= 11 is 0. The van der Waals surface area contributed by atoms with Crippen molar-refractivity contribution in [3.63, 3.8) is 0 Å². The fraction of sp³-hybridized carbons (Fsp3) is 0.781. The zero-order chi connectivity index (χ0) is 29.5. The quantitative estimate of drug-likeness (QED) is 0.106. The van der Waals surface area contributed by atoms with E-state index < -0.39 is 0 Å².